The smallest absolute Gasteiger partial charge is 0.278 e. The third-order valence-corrected chi connectivity index (χ3v) is 2.08. The molecule has 0 spiro atoms. The number of benzene rings is 1. The fourth-order valence-corrected chi connectivity index (χ4v) is 1.29. The number of hydrogen-bond acceptors (Lipinski definition) is 7. The van der Waals surface area contributed by atoms with Crippen LogP contribution in [0.1, 0.15) is 5.56 Å². The first kappa shape index (κ1) is 12.4. The molecule has 0 aliphatic rings. The first-order valence-electron chi connectivity index (χ1n) is 5.11. The number of nitrogens with zero attached hydrogens (tertiary/aromatic N) is 4. The Morgan fingerprint density at radius 1 is 1.42 bits per heavy atom. The van der Waals surface area contributed by atoms with E-state index in [2.05, 4.69) is 25.7 Å². The summed E-state index contributed by atoms with van der Waals surface area (Å²) < 4.78 is 0. The molecule has 1 heterocycles. The van der Waals surface area contributed by atoms with Gasteiger partial charge < -0.3 is 0 Å². The predicted octanol–water partition coefficient (Wildman–Crippen LogP) is 0.519. The maximum absolute atomic E-state index is 10.9. The van der Waals surface area contributed by atoms with Gasteiger partial charge >= 0.3 is 0 Å². The normalized spacial score (nSPS) is 10.5. The van der Waals surface area contributed by atoms with Crippen molar-refractivity contribution in [1.29, 1.82) is 0 Å². The van der Waals surface area contributed by atoms with Crippen molar-refractivity contribution in [1.82, 2.24) is 15.2 Å². The molecule has 2 rings (SSSR count). The number of nitrogens with one attached hydrogen (secondary N) is 2. The van der Waals surface area contributed by atoms with Gasteiger partial charge in [0.15, 0.2) is 0 Å². The van der Waals surface area contributed by atoms with Crippen LogP contribution in [0.3, 0.4) is 0 Å². The summed E-state index contributed by atoms with van der Waals surface area (Å²) in [6, 6.07) is 6.12. The van der Waals surface area contributed by atoms with E-state index < -0.39 is 10.5 Å². The number of nitro benzene ring substituents is 1. The number of anilines is 1. The van der Waals surface area contributed by atoms with E-state index in [0.717, 1.165) is 6.20 Å². The lowest BCUT2D eigenvalue weighted by atomic mass is 10.2. The van der Waals surface area contributed by atoms with Gasteiger partial charge in [0.25, 0.3) is 11.2 Å². The summed E-state index contributed by atoms with van der Waals surface area (Å²) >= 11 is 0. The Morgan fingerprint density at radius 3 is 2.95 bits per heavy atom. The van der Waals surface area contributed by atoms with Crippen LogP contribution in [-0.2, 0) is 0 Å². The molecule has 0 saturated heterocycles. The quantitative estimate of drug-likeness (QED) is 0.468. The monoisotopic (exact) mass is 260 g/mol. The Balaban J connectivity index is 2.15. The van der Waals surface area contributed by atoms with Crippen molar-refractivity contribution in [3.05, 3.63) is 56.5 Å². The van der Waals surface area contributed by atoms with E-state index in [4.69, 9.17) is 0 Å². The Morgan fingerprint density at radius 2 is 2.21 bits per heavy atom. The van der Waals surface area contributed by atoms with Crippen LogP contribution in [0.2, 0.25) is 0 Å². The molecule has 0 fully saturated rings. The number of rotatable bonds is 4. The number of hydrazone groups is 1. The van der Waals surface area contributed by atoms with Crippen LogP contribution in [0.25, 0.3) is 0 Å². The molecular weight excluding hydrogens is 252 g/mol. The van der Waals surface area contributed by atoms with Gasteiger partial charge in [-0.25, -0.2) is 5.43 Å². The van der Waals surface area contributed by atoms with Crippen LogP contribution in [0.4, 0.5) is 11.6 Å². The molecule has 96 valence electrons. The lowest BCUT2D eigenvalue weighted by molar-refractivity contribution is -0.385. The average molecular weight is 260 g/mol. The SMILES string of the molecule is O=c1cnnc(NN=Cc2ccccc2[N+](=O)[O-])[nH]1. The van der Waals surface area contributed by atoms with Crippen LogP contribution in [-0.4, -0.2) is 26.3 Å². The molecule has 0 bridgehead atoms. The van der Waals surface area contributed by atoms with Gasteiger partial charge in [-0.05, 0) is 6.07 Å². The summed E-state index contributed by atoms with van der Waals surface area (Å²) in [5.41, 5.74) is 2.24. The topological polar surface area (TPSA) is 126 Å². The Hall–Kier alpha value is -3.10. The van der Waals surface area contributed by atoms with E-state index in [9.17, 15) is 14.9 Å². The molecule has 1 aromatic heterocycles. The minimum Gasteiger partial charge on any atom is -0.289 e. The fourth-order valence-electron chi connectivity index (χ4n) is 1.29. The zero-order valence-corrected chi connectivity index (χ0v) is 9.48. The van der Waals surface area contributed by atoms with Gasteiger partial charge in [-0.1, -0.05) is 12.1 Å². The van der Waals surface area contributed by atoms with E-state index in [-0.39, 0.29) is 11.6 Å². The number of aromatic amines is 1. The van der Waals surface area contributed by atoms with Crippen molar-refractivity contribution >= 4 is 17.9 Å². The van der Waals surface area contributed by atoms with Gasteiger partial charge in [0.05, 0.1) is 16.7 Å². The van der Waals surface area contributed by atoms with Crippen LogP contribution in [0.5, 0.6) is 0 Å². The predicted molar refractivity (Wildman–Crippen MR) is 67.0 cm³/mol. The minimum atomic E-state index is -0.508. The van der Waals surface area contributed by atoms with Crippen molar-refractivity contribution in [2.24, 2.45) is 5.10 Å². The van der Waals surface area contributed by atoms with Crippen molar-refractivity contribution in [2.75, 3.05) is 5.43 Å². The van der Waals surface area contributed by atoms with Crippen molar-refractivity contribution in [3.8, 4) is 0 Å². The summed E-state index contributed by atoms with van der Waals surface area (Å²) in [6.07, 6.45) is 2.27. The minimum absolute atomic E-state index is 0.0438. The molecule has 0 aliphatic carbocycles. The van der Waals surface area contributed by atoms with E-state index in [1.165, 1.54) is 12.3 Å². The highest BCUT2D eigenvalue weighted by atomic mass is 16.6. The third-order valence-electron chi connectivity index (χ3n) is 2.08. The summed E-state index contributed by atoms with van der Waals surface area (Å²) in [4.78, 5) is 23.5. The standard InChI is InChI=1S/C10H8N6O3/c17-9-6-12-15-10(13-9)14-11-5-7-3-1-2-4-8(7)16(18)19/h1-6H,(H2,13,14,15,17). The molecule has 0 saturated carbocycles. The molecule has 0 unspecified atom stereocenters. The van der Waals surface area contributed by atoms with Gasteiger partial charge in [-0.15, -0.1) is 10.2 Å². The molecule has 19 heavy (non-hydrogen) atoms. The zero-order chi connectivity index (χ0) is 13.7. The van der Waals surface area contributed by atoms with Crippen LogP contribution in [0.15, 0.2) is 40.4 Å². The Bertz CT molecular complexity index is 681. The van der Waals surface area contributed by atoms with Gasteiger partial charge in [-0.2, -0.15) is 5.10 Å². The van der Waals surface area contributed by atoms with Crippen molar-refractivity contribution in [3.63, 3.8) is 0 Å². The van der Waals surface area contributed by atoms with Crippen LogP contribution < -0.4 is 11.0 Å². The second kappa shape index (κ2) is 5.49. The van der Waals surface area contributed by atoms with E-state index in [1.54, 1.807) is 18.2 Å². The summed E-state index contributed by atoms with van der Waals surface area (Å²) in [5.74, 6) is 0.0438. The number of hydrogen-bond donors (Lipinski definition) is 2. The summed E-state index contributed by atoms with van der Waals surface area (Å²) in [6.45, 7) is 0. The van der Waals surface area contributed by atoms with Crippen LogP contribution >= 0.6 is 0 Å². The second-order valence-electron chi connectivity index (χ2n) is 3.37. The molecule has 9 heteroatoms. The van der Waals surface area contributed by atoms with Gasteiger partial charge in [0.2, 0.25) is 5.95 Å². The number of H-pyrrole nitrogens is 1. The second-order valence-corrected chi connectivity index (χ2v) is 3.37. The number of aromatic nitrogens is 3. The number of nitro groups is 1. The van der Waals surface area contributed by atoms with Crippen molar-refractivity contribution < 1.29 is 4.92 Å². The largest absolute Gasteiger partial charge is 0.289 e. The first-order chi connectivity index (χ1) is 9.16. The van der Waals surface area contributed by atoms with E-state index >= 15 is 0 Å². The van der Waals surface area contributed by atoms with E-state index in [1.807, 2.05) is 0 Å². The lowest BCUT2D eigenvalue weighted by Gasteiger charge is -1.97. The maximum atomic E-state index is 10.9. The molecule has 0 amide bonds. The van der Waals surface area contributed by atoms with Crippen molar-refractivity contribution in [2.45, 2.75) is 0 Å². The lowest BCUT2D eigenvalue weighted by Crippen LogP contribution is -2.10. The van der Waals surface area contributed by atoms with Gasteiger partial charge in [0, 0.05) is 6.07 Å². The first-order valence-corrected chi connectivity index (χ1v) is 5.11. The molecule has 0 aliphatic heterocycles. The third kappa shape index (κ3) is 3.19. The molecule has 2 aromatic rings. The highest BCUT2D eigenvalue weighted by Crippen LogP contribution is 2.15. The molecular formula is C10H8N6O3. The highest BCUT2D eigenvalue weighted by Gasteiger charge is 2.09. The Kier molecular flexibility index (Phi) is 3.57. The fraction of sp³-hybridized carbons (Fsp3) is 0. The summed E-state index contributed by atoms with van der Waals surface area (Å²) in [5, 5.41) is 21.5. The molecule has 9 nitrogen and oxygen atoms in total. The number of para-hydroxylation sites is 1. The highest BCUT2D eigenvalue weighted by molar-refractivity contribution is 5.85. The molecule has 0 radical (unpaired) electrons. The average Bonchev–Trinajstić information content (AvgIpc) is 2.39. The Labute approximate surface area is 106 Å². The zero-order valence-electron chi connectivity index (χ0n) is 9.48. The molecule has 0 atom stereocenters. The summed E-state index contributed by atoms with van der Waals surface area (Å²) in [7, 11) is 0. The van der Waals surface area contributed by atoms with Crippen LogP contribution in [0, 0.1) is 10.1 Å². The maximum Gasteiger partial charge on any atom is 0.278 e. The molecule has 2 N–H and O–H groups in total. The van der Waals surface area contributed by atoms with Gasteiger partial charge in [-0.3, -0.25) is 19.9 Å². The van der Waals surface area contributed by atoms with E-state index in [0.29, 0.717) is 5.56 Å². The molecule has 1 aromatic carbocycles. The van der Waals surface area contributed by atoms with Gasteiger partial charge in [0.1, 0.15) is 6.20 Å².